The molecular weight excluding hydrogens is 226 g/mol. The molecule has 2 heteroatoms. The Hall–Kier alpha value is -1.12. The lowest BCUT2D eigenvalue weighted by molar-refractivity contribution is 0.538. The van der Waals surface area contributed by atoms with Crippen molar-refractivity contribution >= 4 is 11.3 Å². The molecule has 90 valence electrons. The number of nitrogens with two attached hydrogens (primary N) is 1. The van der Waals surface area contributed by atoms with Crippen molar-refractivity contribution in [3.8, 4) is 10.4 Å². The molecule has 1 heterocycles. The van der Waals surface area contributed by atoms with E-state index >= 15 is 0 Å². The summed E-state index contributed by atoms with van der Waals surface area (Å²) < 4.78 is 0. The summed E-state index contributed by atoms with van der Waals surface area (Å²) >= 11 is 1.79. The Morgan fingerprint density at radius 3 is 2.53 bits per heavy atom. The molecule has 1 nitrogen and oxygen atoms in total. The molecule has 0 spiro atoms. The zero-order valence-electron chi connectivity index (χ0n) is 10.2. The van der Waals surface area contributed by atoms with E-state index < -0.39 is 0 Å². The van der Waals surface area contributed by atoms with Gasteiger partial charge in [-0.05, 0) is 47.9 Å². The summed E-state index contributed by atoms with van der Waals surface area (Å²) in [4.78, 5) is 1.34. The monoisotopic (exact) mass is 245 g/mol. The molecule has 0 aliphatic carbocycles. The van der Waals surface area contributed by atoms with Crippen molar-refractivity contribution in [3.63, 3.8) is 0 Å². The zero-order chi connectivity index (χ0) is 12.1. The van der Waals surface area contributed by atoms with Gasteiger partial charge in [0, 0.05) is 4.88 Å². The summed E-state index contributed by atoms with van der Waals surface area (Å²) in [6.45, 7) is 3.05. The maximum Gasteiger partial charge on any atom is 0.0342 e. The van der Waals surface area contributed by atoms with E-state index in [0.717, 1.165) is 19.4 Å². The fraction of sp³-hybridized carbons (Fsp3) is 0.333. The lowest BCUT2D eigenvalue weighted by Gasteiger charge is -2.10. The molecule has 0 radical (unpaired) electrons. The van der Waals surface area contributed by atoms with Crippen LogP contribution in [0.15, 0.2) is 41.8 Å². The Balaban J connectivity index is 2.03. The predicted octanol–water partition coefficient (Wildman–Crippen LogP) is 3.94. The van der Waals surface area contributed by atoms with Crippen molar-refractivity contribution in [3.05, 3.63) is 47.3 Å². The molecule has 2 N–H and O–H groups in total. The quantitative estimate of drug-likeness (QED) is 0.848. The van der Waals surface area contributed by atoms with Crippen molar-refractivity contribution in [2.75, 3.05) is 6.54 Å². The molecule has 1 unspecified atom stereocenters. The topological polar surface area (TPSA) is 26.0 Å². The highest BCUT2D eigenvalue weighted by Crippen LogP contribution is 2.25. The maximum atomic E-state index is 5.57. The Labute approximate surface area is 107 Å². The molecule has 1 atom stereocenters. The Morgan fingerprint density at radius 1 is 1.18 bits per heavy atom. The minimum Gasteiger partial charge on any atom is -0.330 e. The molecule has 0 aliphatic heterocycles. The van der Waals surface area contributed by atoms with Gasteiger partial charge >= 0.3 is 0 Å². The van der Waals surface area contributed by atoms with Crippen LogP contribution in [-0.2, 0) is 6.42 Å². The van der Waals surface area contributed by atoms with Gasteiger partial charge < -0.3 is 5.73 Å². The molecule has 0 saturated heterocycles. The van der Waals surface area contributed by atoms with Gasteiger partial charge in [0.25, 0.3) is 0 Å². The Kier molecular flexibility index (Phi) is 4.35. The number of hydrogen-bond donors (Lipinski definition) is 1. The number of thiophene rings is 1. The minimum atomic E-state index is 0.674. The molecule has 0 amide bonds. The third-order valence-electron chi connectivity index (χ3n) is 3.00. The normalized spacial score (nSPS) is 12.6. The van der Waals surface area contributed by atoms with E-state index in [4.69, 9.17) is 5.73 Å². The van der Waals surface area contributed by atoms with Crippen LogP contribution in [0.3, 0.4) is 0 Å². The molecule has 2 aromatic rings. The molecule has 0 aliphatic rings. The van der Waals surface area contributed by atoms with E-state index in [9.17, 15) is 0 Å². The largest absolute Gasteiger partial charge is 0.330 e. The SMILES string of the molecule is CC(CCN)Cc1ccc(-c2cccs2)cc1. The highest BCUT2D eigenvalue weighted by molar-refractivity contribution is 7.13. The molecular formula is C15H19NS. The van der Waals surface area contributed by atoms with E-state index in [2.05, 4.69) is 48.7 Å². The average molecular weight is 245 g/mol. The second kappa shape index (κ2) is 5.99. The van der Waals surface area contributed by atoms with E-state index in [1.807, 2.05) is 0 Å². The van der Waals surface area contributed by atoms with Gasteiger partial charge in [-0.25, -0.2) is 0 Å². The van der Waals surface area contributed by atoms with Crippen molar-refractivity contribution in [1.29, 1.82) is 0 Å². The summed E-state index contributed by atoms with van der Waals surface area (Å²) in [5.74, 6) is 0.674. The average Bonchev–Trinajstić information content (AvgIpc) is 2.84. The van der Waals surface area contributed by atoms with Crippen LogP contribution in [0.4, 0.5) is 0 Å². The molecule has 0 bridgehead atoms. The lowest BCUT2D eigenvalue weighted by Crippen LogP contribution is -2.07. The predicted molar refractivity (Wildman–Crippen MR) is 76.3 cm³/mol. The van der Waals surface area contributed by atoms with Gasteiger partial charge in [0.2, 0.25) is 0 Å². The highest BCUT2D eigenvalue weighted by atomic mass is 32.1. The summed E-state index contributed by atoms with van der Waals surface area (Å²) in [7, 11) is 0. The van der Waals surface area contributed by atoms with Crippen LogP contribution in [-0.4, -0.2) is 6.54 Å². The molecule has 1 aromatic heterocycles. The van der Waals surface area contributed by atoms with Crippen LogP contribution in [0.1, 0.15) is 18.9 Å². The second-order valence-corrected chi connectivity index (χ2v) is 5.51. The van der Waals surface area contributed by atoms with Crippen LogP contribution in [0.2, 0.25) is 0 Å². The van der Waals surface area contributed by atoms with E-state index in [-0.39, 0.29) is 0 Å². The van der Waals surface area contributed by atoms with Crippen molar-refractivity contribution in [2.24, 2.45) is 11.7 Å². The first-order valence-electron chi connectivity index (χ1n) is 6.12. The number of benzene rings is 1. The molecule has 0 saturated carbocycles. The first-order chi connectivity index (χ1) is 8.29. The van der Waals surface area contributed by atoms with E-state index in [1.165, 1.54) is 16.0 Å². The zero-order valence-corrected chi connectivity index (χ0v) is 11.0. The van der Waals surface area contributed by atoms with Crippen molar-refractivity contribution < 1.29 is 0 Å². The molecule has 17 heavy (non-hydrogen) atoms. The van der Waals surface area contributed by atoms with Gasteiger partial charge in [-0.3, -0.25) is 0 Å². The van der Waals surface area contributed by atoms with Crippen LogP contribution >= 0.6 is 11.3 Å². The lowest BCUT2D eigenvalue weighted by atomic mass is 9.97. The van der Waals surface area contributed by atoms with E-state index in [0.29, 0.717) is 5.92 Å². The van der Waals surface area contributed by atoms with Crippen molar-refractivity contribution in [1.82, 2.24) is 0 Å². The van der Waals surface area contributed by atoms with Gasteiger partial charge in [-0.1, -0.05) is 37.3 Å². The summed E-state index contributed by atoms with van der Waals surface area (Å²) in [5, 5.41) is 2.12. The van der Waals surface area contributed by atoms with Gasteiger partial charge in [0.1, 0.15) is 0 Å². The molecule has 0 fully saturated rings. The first-order valence-corrected chi connectivity index (χ1v) is 7.00. The standard InChI is InChI=1S/C15H19NS/c1-12(8-9-16)11-13-4-6-14(7-5-13)15-3-2-10-17-15/h2-7,10,12H,8-9,11,16H2,1H3. The third kappa shape index (κ3) is 3.42. The van der Waals surface area contributed by atoms with Gasteiger partial charge in [0.15, 0.2) is 0 Å². The molecule has 1 aromatic carbocycles. The number of hydrogen-bond acceptors (Lipinski definition) is 2. The third-order valence-corrected chi connectivity index (χ3v) is 3.92. The van der Waals surface area contributed by atoms with Crippen LogP contribution in [0, 0.1) is 5.92 Å². The van der Waals surface area contributed by atoms with Crippen LogP contribution < -0.4 is 5.73 Å². The first kappa shape index (κ1) is 12.3. The Bertz CT molecular complexity index is 430. The van der Waals surface area contributed by atoms with Crippen molar-refractivity contribution in [2.45, 2.75) is 19.8 Å². The van der Waals surface area contributed by atoms with Gasteiger partial charge in [-0.2, -0.15) is 0 Å². The fourth-order valence-electron chi connectivity index (χ4n) is 2.04. The maximum absolute atomic E-state index is 5.57. The second-order valence-electron chi connectivity index (χ2n) is 4.56. The van der Waals surface area contributed by atoms with Crippen LogP contribution in [0.5, 0.6) is 0 Å². The van der Waals surface area contributed by atoms with E-state index in [1.54, 1.807) is 11.3 Å². The van der Waals surface area contributed by atoms with Gasteiger partial charge in [0.05, 0.1) is 0 Å². The fourth-order valence-corrected chi connectivity index (χ4v) is 2.77. The minimum absolute atomic E-state index is 0.674. The van der Waals surface area contributed by atoms with Crippen LogP contribution in [0.25, 0.3) is 10.4 Å². The highest BCUT2D eigenvalue weighted by Gasteiger charge is 2.03. The molecule has 2 rings (SSSR count). The Morgan fingerprint density at radius 2 is 1.94 bits per heavy atom. The van der Waals surface area contributed by atoms with Gasteiger partial charge in [-0.15, -0.1) is 11.3 Å². The smallest absolute Gasteiger partial charge is 0.0342 e. The number of rotatable bonds is 5. The summed E-state index contributed by atoms with van der Waals surface area (Å²) in [5.41, 5.74) is 8.30. The summed E-state index contributed by atoms with van der Waals surface area (Å²) in [6, 6.07) is 13.2. The summed E-state index contributed by atoms with van der Waals surface area (Å²) in [6.07, 6.45) is 2.23.